The number of hydrogen-bond acceptors (Lipinski definition) is 3. The van der Waals surface area contributed by atoms with Crippen molar-refractivity contribution in [2.45, 2.75) is 0 Å². The van der Waals surface area contributed by atoms with E-state index in [2.05, 4.69) is 6.58 Å². The molecule has 0 aromatic heterocycles. The zero-order chi connectivity index (χ0) is 5.86. The van der Waals surface area contributed by atoms with Gasteiger partial charge in [-0.3, -0.25) is 0 Å². The van der Waals surface area contributed by atoms with Crippen molar-refractivity contribution in [2.24, 2.45) is 0 Å². The van der Waals surface area contributed by atoms with Gasteiger partial charge in [0.2, 0.25) is 0 Å². The molecule has 0 aliphatic heterocycles. The van der Waals surface area contributed by atoms with Crippen molar-refractivity contribution in [1.29, 1.82) is 5.26 Å². The van der Waals surface area contributed by atoms with Gasteiger partial charge in [0, 0.05) is 0 Å². The van der Waals surface area contributed by atoms with Crippen LogP contribution in [0.15, 0.2) is 11.5 Å². The second-order valence-corrected chi connectivity index (χ2v) is 1.87. The van der Waals surface area contributed by atoms with Crippen LogP contribution in [-0.4, -0.2) is 8.42 Å². The number of allylic oxidation sites excluding steroid dienone is 1. The first-order valence-electron chi connectivity index (χ1n) is 1.42. The minimum absolute atomic E-state index is 0.394. The van der Waals surface area contributed by atoms with Gasteiger partial charge in [0.1, 0.15) is 11.0 Å². The highest BCUT2D eigenvalue weighted by molar-refractivity contribution is 7.77. The number of nitrogens with zero attached hydrogens (tertiary/aromatic N) is 1. The maximum Gasteiger partial charge on any atom is 0.177 e. The lowest BCUT2D eigenvalue weighted by Crippen LogP contribution is -1.73. The van der Waals surface area contributed by atoms with Gasteiger partial charge in [0.15, 0.2) is 10.7 Å². The van der Waals surface area contributed by atoms with Gasteiger partial charge < -0.3 is 0 Å². The smallest absolute Gasteiger partial charge is 0.177 e. The molecule has 0 saturated heterocycles. The fourth-order valence-electron chi connectivity index (χ4n) is 0.0408. The van der Waals surface area contributed by atoms with Crippen LogP contribution in [0.1, 0.15) is 0 Å². The summed E-state index contributed by atoms with van der Waals surface area (Å²) in [6, 6.07) is 1.37. The second kappa shape index (κ2) is 2.37. The van der Waals surface area contributed by atoms with Crippen LogP contribution >= 0.6 is 0 Å². The molecule has 0 heterocycles. The summed E-state index contributed by atoms with van der Waals surface area (Å²) in [6.45, 7) is 2.92. The summed E-state index contributed by atoms with van der Waals surface area (Å²) in [5.74, 6) is 0. The molecule has 0 bridgehead atoms. The molecule has 3 nitrogen and oxygen atoms in total. The average molecular weight is 117 g/mol. The first kappa shape index (κ1) is 6.18. The number of nitriles is 1. The molecule has 0 aromatic carbocycles. The molecule has 0 N–H and O–H groups in total. The molecular formula is C3H3NO2S. The van der Waals surface area contributed by atoms with Crippen LogP contribution in [0.25, 0.3) is 0 Å². The fourth-order valence-corrected chi connectivity index (χ4v) is 0.122. The van der Waals surface area contributed by atoms with E-state index in [1.165, 1.54) is 6.07 Å². The Morgan fingerprint density at radius 3 is 2.14 bits per heavy atom. The molecule has 0 aliphatic carbocycles. The highest BCUT2D eigenvalue weighted by Gasteiger charge is 1.86. The third kappa shape index (κ3) is 1.95. The summed E-state index contributed by atoms with van der Waals surface area (Å²) < 4.78 is 19.3. The Kier molecular flexibility index (Phi) is 2.09. The molecule has 0 amide bonds. The monoisotopic (exact) mass is 117 g/mol. The van der Waals surface area contributed by atoms with Crippen LogP contribution in [-0.2, 0) is 10.7 Å². The van der Waals surface area contributed by atoms with Crippen molar-refractivity contribution in [1.82, 2.24) is 0 Å². The van der Waals surface area contributed by atoms with Crippen molar-refractivity contribution in [3.8, 4) is 6.07 Å². The largest absolute Gasteiger partial charge is 0.226 e. The highest BCUT2D eigenvalue weighted by atomic mass is 32.2. The average Bonchev–Trinajstić information content (AvgIpc) is 1.65. The Bertz CT molecular complexity index is 178. The van der Waals surface area contributed by atoms with E-state index >= 15 is 0 Å². The zero-order valence-electron chi connectivity index (χ0n) is 3.42. The SMILES string of the molecule is C=C(C#N)[SH](=O)=O. The van der Waals surface area contributed by atoms with Crippen molar-refractivity contribution < 1.29 is 8.42 Å². The van der Waals surface area contributed by atoms with E-state index in [4.69, 9.17) is 5.26 Å². The Balaban J connectivity index is 4.20. The lowest BCUT2D eigenvalue weighted by molar-refractivity contribution is 0.620. The summed E-state index contributed by atoms with van der Waals surface area (Å²) in [6.07, 6.45) is 0. The quantitative estimate of drug-likeness (QED) is 0.376. The van der Waals surface area contributed by atoms with Crippen LogP contribution in [0.3, 0.4) is 0 Å². The molecule has 0 unspecified atom stereocenters. The van der Waals surface area contributed by atoms with Gasteiger partial charge in [-0.1, -0.05) is 6.58 Å². The first-order valence-corrected chi connectivity index (χ1v) is 2.59. The van der Waals surface area contributed by atoms with E-state index in [1.54, 1.807) is 0 Å². The summed E-state index contributed by atoms with van der Waals surface area (Å²) in [4.78, 5) is -0.394. The molecule has 0 saturated carbocycles. The molecule has 0 spiro atoms. The molecule has 0 atom stereocenters. The van der Waals surface area contributed by atoms with Gasteiger partial charge in [0.25, 0.3) is 0 Å². The molecular weight excluding hydrogens is 114 g/mol. The molecule has 0 aromatic rings. The zero-order valence-corrected chi connectivity index (χ0v) is 4.31. The highest BCUT2D eigenvalue weighted by Crippen LogP contribution is 1.82. The van der Waals surface area contributed by atoms with Crippen molar-refractivity contribution in [3.63, 3.8) is 0 Å². The van der Waals surface area contributed by atoms with Crippen LogP contribution in [0.4, 0.5) is 0 Å². The molecule has 7 heavy (non-hydrogen) atoms. The molecule has 0 radical (unpaired) electrons. The maximum atomic E-state index is 9.65. The van der Waals surface area contributed by atoms with E-state index in [0.717, 1.165) is 0 Å². The summed E-state index contributed by atoms with van der Waals surface area (Å²) in [7, 11) is -2.72. The number of rotatable bonds is 1. The lowest BCUT2D eigenvalue weighted by atomic mass is 10.7. The van der Waals surface area contributed by atoms with Crippen molar-refractivity contribution >= 4 is 10.7 Å². The van der Waals surface area contributed by atoms with E-state index < -0.39 is 15.6 Å². The standard InChI is InChI=1S/C3H3NO2S/c1-3(2-4)7(5)6/h7H,1H2. The lowest BCUT2D eigenvalue weighted by Gasteiger charge is -1.68. The maximum absolute atomic E-state index is 9.65. The minimum atomic E-state index is -2.72. The van der Waals surface area contributed by atoms with Gasteiger partial charge in [-0.25, -0.2) is 8.42 Å². The van der Waals surface area contributed by atoms with Gasteiger partial charge >= 0.3 is 0 Å². The van der Waals surface area contributed by atoms with Crippen molar-refractivity contribution in [3.05, 3.63) is 11.5 Å². The Morgan fingerprint density at radius 1 is 1.71 bits per heavy atom. The topological polar surface area (TPSA) is 57.9 Å². The third-order valence-corrected chi connectivity index (χ3v) is 0.890. The van der Waals surface area contributed by atoms with Gasteiger partial charge in [-0.05, 0) is 0 Å². The molecule has 38 valence electrons. The summed E-state index contributed by atoms with van der Waals surface area (Å²) in [5.41, 5.74) is 0. The fraction of sp³-hybridized carbons (Fsp3) is 0. The molecule has 0 aliphatic rings. The Morgan fingerprint density at radius 2 is 2.14 bits per heavy atom. The first-order chi connectivity index (χ1) is 3.18. The van der Waals surface area contributed by atoms with E-state index in [1.807, 2.05) is 0 Å². The number of thiol groups is 1. The molecule has 4 heteroatoms. The third-order valence-electron chi connectivity index (χ3n) is 0.349. The Labute approximate surface area is 42.8 Å². The van der Waals surface area contributed by atoms with Gasteiger partial charge in [-0.15, -0.1) is 0 Å². The summed E-state index contributed by atoms with van der Waals surface area (Å²) in [5, 5.41) is 7.77. The Hall–Kier alpha value is -0.820. The predicted octanol–water partition coefficient (Wildman–Crippen LogP) is -0.365. The van der Waals surface area contributed by atoms with Crippen LogP contribution in [0, 0.1) is 11.3 Å². The van der Waals surface area contributed by atoms with Crippen LogP contribution in [0.5, 0.6) is 0 Å². The van der Waals surface area contributed by atoms with Crippen LogP contribution in [0.2, 0.25) is 0 Å². The minimum Gasteiger partial charge on any atom is -0.226 e. The van der Waals surface area contributed by atoms with Crippen LogP contribution < -0.4 is 0 Å². The molecule has 0 rings (SSSR count). The van der Waals surface area contributed by atoms with Gasteiger partial charge in [-0.2, -0.15) is 5.26 Å². The van der Waals surface area contributed by atoms with E-state index in [0.29, 0.717) is 0 Å². The molecule has 0 fully saturated rings. The van der Waals surface area contributed by atoms with E-state index in [9.17, 15) is 8.42 Å². The van der Waals surface area contributed by atoms with E-state index in [-0.39, 0.29) is 0 Å². The van der Waals surface area contributed by atoms with Gasteiger partial charge in [0.05, 0.1) is 0 Å². The second-order valence-electron chi connectivity index (χ2n) is 0.816. The summed E-state index contributed by atoms with van der Waals surface area (Å²) >= 11 is 0. The normalized spacial score (nSPS) is 8.00. The number of hydrogen-bond donors (Lipinski definition) is 1. The predicted molar refractivity (Wildman–Crippen MR) is 25.1 cm³/mol. The van der Waals surface area contributed by atoms with Crippen molar-refractivity contribution in [2.75, 3.05) is 0 Å².